The molecular formula is C29H28FN7O2. The quantitative estimate of drug-likeness (QED) is 0.550. The van der Waals surface area contributed by atoms with Gasteiger partial charge in [-0.15, -0.1) is 10.2 Å². The molecule has 5 atom stereocenters. The molecule has 1 N–H and O–H groups in total. The Hall–Kier alpha value is -4.41. The molecule has 4 heterocycles. The molecule has 198 valence electrons. The zero-order valence-corrected chi connectivity index (χ0v) is 21.7. The Kier molecular flexibility index (Phi) is 6.98. The van der Waals surface area contributed by atoms with Gasteiger partial charge in [0.15, 0.2) is 11.5 Å². The first kappa shape index (κ1) is 26.2. The molecule has 9 nitrogen and oxygen atoms in total. The van der Waals surface area contributed by atoms with E-state index in [0.29, 0.717) is 48.8 Å². The second-order valence-electron chi connectivity index (χ2n) is 10.5. The summed E-state index contributed by atoms with van der Waals surface area (Å²) in [6.45, 7) is 5.36. The van der Waals surface area contributed by atoms with Gasteiger partial charge in [0.2, 0.25) is 5.91 Å². The number of nitrogens with zero attached hydrogens (tertiary/aromatic N) is 7. The van der Waals surface area contributed by atoms with Crippen molar-refractivity contribution < 1.29 is 14.3 Å². The van der Waals surface area contributed by atoms with Crippen molar-refractivity contribution in [3.05, 3.63) is 83.1 Å². The molecule has 2 aliphatic heterocycles. The number of likely N-dealkylation sites (tertiary alicyclic amines) is 1. The molecule has 0 unspecified atom stereocenters. The second-order valence-corrected chi connectivity index (χ2v) is 10.5. The summed E-state index contributed by atoms with van der Waals surface area (Å²) in [5.41, 5.74) is 0.798. The number of anilines is 1. The van der Waals surface area contributed by atoms with Crippen molar-refractivity contribution in [3.63, 3.8) is 0 Å². The molecule has 5 rings (SSSR count). The van der Waals surface area contributed by atoms with E-state index >= 15 is 0 Å². The molecule has 0 bridgehead atoms. The van der Waals surface area contributed by atoms with Gasteiger partial charge in [-0.05, 0) is 42.0 Å². The van der Waals surface area contributed by atoms with Crippen molar-refractivity contribution in [2.45, 2.75) is 25.4 Å². The fourth-order valence-electron chi connectivity index (χ4n) is 5.99. The largest absolute Gasteiger partial charge is 0.384 e. The zero-order chi connectivity index (χ0) is 27.7. The molecule has 0 saturated carbocycles. The monoisotopic (exact) mass is 525 g/mol. The average molecular weight is 526 g/mol. The van der Waals surface area contributed by atoms with E-state index in [0.717, 1.165) is 0 Å². The van der Waals surface area contributed by atoms with Crippen LogP contribution in [0.2, 0.25) is 0 Å². The fraction of sp³-hybridized carbons (Fsp3) is 0.379. The van der Waals surface area contributed by atoms with Crippen molar-refractivity contribution in [2.24, 2.45) is 17.8 Å². The van der Waals surface area contributed by atoms with Gasteiger partial charge in [-0.2, -0.15) is 10.5 Å². The Balaban J connectivity index is 1.41. The second kappa shape index (κ2) is 10.4. The van der Waals surface area contributed by atoms with Crippen LogP contribution in [0, 0.1) is 46.2 Å². The molecule has 39 heavy (non-hydrogen) atoms. The predicted molar refractivity (Wildman–Crippen MR) is 139 cm³/mol. The number of rotatable bonds is 4. The van der Waals surface area contributed by atoms with Crippen molar-refractivity contribution in [1.29, 1.82) is 10.5 Å². The van der Waals surface area contributed by atoms with Gasteiger partial charge in [-0.25, -0.2) is 4.39 Å². The van der Waals surface area contributed by atoms with E-state index in [1.165, 1.54) is 18.3 Å². The summed E-state index contributed by atoms with van der Waals surface area (Å²) in [5.74, 6) is -1.13. The number of halogens is 1. The minimum Gasteiger partial charge on any atom is -0.384 e. The predicted octanol–water partition coefficient (Wildman–Crippen LogP) is 2.98. The van der Waals surface area contributed by atoms with Gasteiger partial charge in [0, 0.05) is 55.8 Å². The Morgan fingerprint density at radius 1 is 0.974 bits per heavy atom. The van der Waals surface area contributed by atoms with Crippen LogP contribution in [0.5, 0.6) is 0 Å². The topological polar surface area (TPSA) is 130 Å². The molecule has 0 radical (unpaired) electrons. The molecular weight excluding hydrogens is 497 g/mol. The molecule has 2 saturated heterocycles. The van der Waals surface area contributed by atoms with Gasteiger partial charge >= 0.3 is 0 Å². The van der Waals surface area contributed by atoms with E-state index in [1.807, 2.05) is 29.7 Å². The maximum absolute atomic E-state index is 14.1. The number of benzene rings is 1. The molecule has 10 heteroatoms. The minimum atomic E-state index is -1.20. The van der Waals surface area contributed by atoms with Gasteiger partial charge in [-0.1, -0.05) is 26.0 Å². The molecule has 2 fully saturated rings. The number of amides is 1. The summed E-state index contributed by atoms with van der Waals surface area (Å²) < 4.78 is 13.5. The van der Waals surface area contributed by atoms with Crippen LogP contribution in [0.3, 0.4) is 0 Å². The van der Waals surface area contributed by atoms with Crippen molar-refractivity contribution >= 4 is 11.7 Å². The summed E-state index contributed by atoms with van der Waals surface area (Å²) in [5, 5.41) is 38.1. The Morgan fingerprint density at radius 3 is 2.26 bits per heavy atom. The number of hydrogen-bond acceptors (Lipinski definition) is 8. The smallest absolute Gasteiger partial charge is 0.228 e. The van der Waals surface area contributed by atoms with Crippen LogP contribution < -0.4 is 4.90 Å². The number of hydrogen-bond donors (Lipinski definition) is 1. The summed E-state index contributed by atoms with van der Waals surface area (Å²) in [6.07, 6.45) is 1.51. The lowest BCUT2D eigenvalue weighted by Gasteiger charge is -2.48. The molecule has 2 aromatic heterocycles. The molecule has 3 aromatic rings. The van der Waals surface area contributed by atoms with E-state index in [-0.39, 0.29) is 35.2 Å². The van der Waals surface area contributed by atoms with Gasteiger partial charge < -0.3 is 14.9 Å². The number of carbonyl (C=O) groups is 1. The van der Waals surface area contributed by atoms with Crippen LogP contribution in [-0.4, -0.2) is 57.3 Å². The molecule has 1 aromatic carbocycles. The van der Waals surface area contributed by atoms with Crippen molar-refractivity contribution in [1.82, 2.24) is 20.1 Å². The Bertz CT molecular complexity index is 1420. The number of aliphatic hydroxyl groups is 1. The van der Waals surface area contributed by atoms with E-state index in [1.54, 1.807) is 36.4 Å². The van der Waals surface area contributed by atoms with Gasteiger partial charge in [-0.3, -0.25) is 9.78 Å². The van der Waals surface area contributed by atoms with Crippen LogP contribution in [0.4, 0.5) is 10.2 Å². The third-order valence-corrected chi connectivity index (χ3v) is 8.13. The van der Waals surface area contributed by atoms with Crippen molar-refractivity contribution in [2.75, 3.05) is 31.1 Å². The maximum Gasteiger partial charge on any atom is 0.228 e. The highest BCUT2D eigenvalue weighted by atomic mass is 19.1. The van der Waals surface area contributed by atoms with Crippen LogP contribution in [0.25, 0.3) is 0 Å². The standard InChI is InChI=1S/C29H28FN7O2/c1-18-14-37(15-19(2)29(18,39)21-4-6-22(30)7-5-21)28(38)25-17-36(27-10-8-23(12-32)34-35-27)16-24(25)26-9-3-20(11-31)13-33-26/h3-10,13,18-19,24-25,39H,14-17H2,1-2H3/t18-,19+,24-,25-,29+/m1/s1. The van der Waals surface area contributed by atoms with Crippen LogP contribution >= 0.6 is 0 Å². The lowest BCUT2D eigenvalue weighted by molar-refractivity contribution is -0.152. The number of pyridine rings is 1. The van der Waals surface area contributed by atoms with E-state index < -0.39 is 11.5 Å². The Morgan fingerprint density at radius 2 is 1.69 bits per heavy atom. The molecule has 2 aliphatic rings. The highest BCUT2D eigenvalue weighted by Gasteiger charge is 2.49. The van der Waals surface area contributed by atoms with Gasteiger partial charge in [0.1, 0.15) is 18.0 Å². The highest BCUT2D eigenvalue weighted by molar-refractivity contribution is 5.82. The van der Waals surface area contributed by atoms with E-state index in [2.05, 4.69) is 21.3 Å². The summed E-state index contributed by atoms with van der Waals surface area (Å²) >= 11 is 0. The normalized spacial score (nSPS) is 26.6. The lowest BCUT2D eigenvalue weighted by atomic mass is 9.70. The third kappa shape index (κ3) is 4.80. The fourth-order valence-corrected chi connectivity index (χ4v) is 5.99. The van der Waals surface area contributed by atoms with Crippen LogP contribution in [0.1, 0.15) is 42.3 Å². The van der Waals surface area contributed by atoms with Crippen LogP contribution in [-0.2, 0) is 10.4 Å². The average Bonchev–Trinajstić information content (AvgIpc) is 3.41. The first-order valence-electron chi connectivity index (χ1n) is 12.9. The molecule has 0 aliphatic carbocycles. The summed E-state index contributed by atoms with van der Waals surface area (Å²) in [7, 11) is 0. The summed E-state index contributed by atoms with van der Waals surface area (Å²) in [4.78, 5) is 22.3. The molecule has 0 spiro atoms. The SMILES string of the molecule is C[C@@H]1CN(C(=O)[C@@H]2CN(c3ccc(C#N)nn3)C[C@H]2c2ccc(C#N)cn2)C[C@H](C)[C@]1(O)c1ccc(F)cc1. The molecule has 1 amide bonds. The Labute approximate surface area is 226 Å². The van der Waals surface area contributed by atoms with E-state index in [4.69, 9.17) is 5.26 Å². The number of carbonyl (C=O) groups excluding carboxylic acids is 1. The zero-order valence-electron chi connectivity index (χ0n) is 21.7. The number of piperidine rings is 1. The van der Waals surface area contributed by atoms with E-state index in [9.17, 15) is 19.6 Å². The first-order chi connectivity index (χ1) is 18.7. The van der Waals surface area contributed by atoms with Crippen molar-refractivity contribution in [3.8, 4) is 12.1 Å². The third-order valence-electron chi connectivity index (χ3n) is 8.13. The number of nitriles is 2. The first-order valence-corrected chi connectivity index (χ1v) is 12.9. The maximum atomic E-state index is 14.1. The van der Waals surface area contributed by atoms with Gasteiger partial charge in [0.05, 0.1) is 17.1 Å². The minimum absolute atomic E-state index is 0.0462. The van der Waals surface area contributed by atoms with Crippen LogP contribution in [0.15, 0.2) is 54.7 Å². The lowest BCUT2D eigenvalue weighted by Crippen LogP contribution is -2.57. The number of aromatic nitrogens is 3. The van der Waals surface area contributed by atoms with Gasteiger partial charge in [0.25, 0.3) is 0 Å². The summed E-state index contributed by atoms with van der Waals surface area (Å²) in [6, 6.07) is 16.7. The highest BCUT2D eigenvalue weighted by Crippen LogP contribution is 2.43.